The SMILES string of the molecule is Brc1ccc(-c2nc3sc(-c4cccs4)nn3c2CC2CCOCC2)cc1. The summed E-state index contributed by atoms with van der Waals surface area (Å²) in [6.07, 6.45) is 3.20. The molecule has 0 aliphatic carbocycles. The van der Waals surface area contributed by atoms with Crippen molar-refractivity contribution < 1.29 is 4.74 Å². The molecule has 4 nitrogen and oxygen atoms in total. The molecule has 1 aliphatic heterocycles. The van der Waals surface area contributed by atoms with E-state index in [1.165, 1.54) is 10.6 Å². The number of fused-ring (bicyclic) bond motifs is 1. The summed E-state index contributed by atoms with van der Waals surface area (Å²) in [7, 11) is 0. The molecule has 0 spiro atoms. The molecule has 0 amide bonds. The summed E-state index contributed by atoms with van der Waals surface area (Å²) in [6.45, 7) is 1.72. The molecule has 0 radical (unpaired) electrons. The molecule has 4 aromatic rings. The smallest absolute Gasteiger partial charge is 0.213 e. The maximum Gasteiger partial charge on any atom is 0.213 e. The van der Waals surface area contributed by atoms with Crippen molar-refractivity contribution in [1.29, 1.82) is 0 Å². The number of halogens is 1. The fraction of sp³-hybridized carbons (Fsp3) is 0.300. The fourth-order valence-corrected chi connectivity index (χ4v) is 5.51. The van der Waals surface area contributed by atoms with Crippen molar-refractivity contribution in [3.05, 3.63) is 51.9 Å². The van der Waals surface area contributed by atoms with Crippen LogP contribution in [0.4, 0.5) is 0 Å². The minimum atomic E-state index is 0.625. The maximum absolute atomic E-state index is 5.55. The third-order valence-electron chi connectivity index (χ3n) is 4.97. The number of hydrogen-bond donors (Lipinski definition) is 0. The standard InChI is InChI=1S/C20H18BrN3OS2/c21-15-5-3-14(4-6-15)18-16(12-13-7-9-25-10-8-13)24-20(22-18)27-19(23-24)17-2-1-11-26-17/h1-6,11,13H,7-10,12H2. The van der Waals surface area contributed by atoms with Crippen LogP contribution in [-0.4, -0.2) is 27.8 Å². The van der Waals surface area contributed by atoms with Gasteiger partial charge >= 0.3 is 0 Å². The van der Waals surface area contributed by atoms with Crippen LogP contribution in [0.1, 0.15) is 18.5 Å². The predicted octanol–water partition coefficient (Wildman–Crippen LogP) is 5.92. The first-order valence-electron chi connectivity index (χ1n) is 9.04. The van der Waals surface area contributed by atoms with E-state index in [4.69, 9.17) is 14.8 Å². The van der Waals surface area contributed by atoms with Crippen LogP contribution in [0.25, 0.3) is 26.1 Å². The predicted molar refractivity (Wildman–Crippen MR) is 115 cm³/mol. The second-order valence-electron chi connectivity index (χ2n) is 6.75. The number of aromatic nitrogens is 3. The summed E-state index contributed by atoms with van der Waals surface area (Å²) in [6, 6.07) is 12.6. The molecule has 1 aliphatic rings. The average Bonchev–Trinajstić information content (AvgIpc) is 3.41. The van der Waals surface area contributed by atoms with E-state index in [1.807, 2.05) is 0 Å². The van der Waals surface area contributed by atoms with Crippen LogP contribution < -0.4 is 0 Å². The molecule has 138 valence electrons. The molecule has 1 aromatic carbocycles. The Labute approximate surface area is 174 Å². The summed E-state index contributed by atoms with van der Waals surface area (Å²) >= 11 is 6.92. The van der Waals surface area contributed by atoms with E-state index in [2.05, 4.69) is 62.2 Å². The lowest BCUT2D eigenvalue weighted by Gasteiger charge is -2.21. The summed E-state index contributed by atoms with van der Waals surface area (Å²) in [5.41, 5.74) is 3.43. The Bertz CT molecular complexity index is 1050. The van der Waals surface area contributed by atoms with Crippen molar-refractivity contribution in [3.63, 3.8) is 0 Å². The largest absolute Gasteiger partial charge is 0.381 e. The molecule has 27 heavy (non-hydrogen) atoms. The molecule has 0 saturated carbocycles. The third-order valence-corrected chi connectivity index (χ3v) is 7.45. The van der Waals surface area contributed by atoms with Crippen molar-refractivity contribution in [2.24, 2.45) is 5.92 Å². The molecule has 5 rings (SSSR count). The first-order chi connectivity index (χ1) is 13.3. The van der Waals surface area contributed by atoms with Gasteiger partial charge in [0.25, 0.3) is 0 Å². The first-order valence-corrected chi connectivity index (χ1v) is 11.5. The van der Waals surface area contributed by atoms with Gasteiger partial charge in [0.2, 0.25) is 4.96 Å². The topological polar surface area (TPSA) is 39.4 Å². The molecule has 0 N–H and O–H groups in total. The van der Waals surface area contributed by atoms with Gasteiger partial charge in [-0.1, -0.05) is 45.5 Å². The van der Waals surface area contributed by atoms with E-state index >= 15 is 0 Å². The number of benzene rings is 1. The monoisotopic (exact) mass is 459 g/mol. The van der Waals surface area contributed by atoms with Crippen LogP contribution in [0.2, 0.25) is 0 Å². The van der Waals surface area contributed by atoms with Crippen LogP contribution in [0, 0.1) is 5.92 Å². The zero-order chi connectivity index (χ0) is 18.2. The summed E-state index contributed by atoms with van der Waals surface area (Å²) in [5.74, 6) is 0.625. The summed E-state index contributed by atoms with van der Waals surface area (Å²) in [5, 5.41) is 8.06. The molecule has 7 heteroatoms. The number of nitrogens with zero attached hydrogens (tertiary/aromatic N) is 3. The van der Waals surface area contributed by atoms with E-state index in [1.54, 1.807) is 22.7 Å². The normalized spacial score (nSPS) is 15.6. The number of ether oxygens (including phenoxy) is 1. The second-order valence-corrected chi connectivity index (χ2v) is 9.57. The Morgan fingerprint density at radius 2 is 1.96 bits per heavy atom. The average molecular weight is 460 g/mol. The summed E-state index contributed by atoms with van der Waals surface area (Å²) < 4.78 is 8.70. The van der Waals surface area contributed by atoms with Crippen LogP contribution in [-0.2, 0) is 11.2 Å². The van der Waals surface area contributed by atoms with Gasteiger partial charge in [-0.15, -0.1) is 11.3 Å². The maximum atomic E-state index is 5.55. The van der Waals surface area contributed by atoms with Gasteiger partial charge in [-0.3, -0.25) is 0 Å². The summed E-state index contributed by atoms with van der Waals surface area (Å²) in [4.78, 5) is 7.16. The van der Waals surface area contributed by atoms with E-state index in [-0.39, 0.29) is 0 Å². The molecule has 1 saturated heterocycles. The third kappa shape index (κ3) is 3.49. The van der Waals surface area contributed by atoms with Crippen LogP contribution in [0.3, 0.4) is 0 Å². The van der Waals surface area contributed by atoms with Gasteiger partial charge < -0.3 is 4.74 Å². The Balaban J connectivity index is 1.60. The molecular formula is C20H18BrN3OS2. The Morgan fingerprint density at radius 3 is 2.70 bits per heavy atom. The van der Waals surface area contributed by atoms with Gasteiger partial charge in [0.1, 0.15) is 0 Å². The molecule has 0 atom stereocenters. The molecule has 3 aromatic heterocycles. The highest BCUT2D eigenvalue weighted by atomic mass is 79.9. The van der Waals surface area contributed by atoms with Crippen molar-refractivity contribution in [3.8, 4) is 21.1 Å². The number of hydrogen-bond acceptors (Lipinski definition) is 5. The van der Waals surface area contributed by atoms with Gasteiger partial charge in [0, 0.05) is 23.2 Å². The minimum absolute atomic E-state index is 0.625. The highest BCUT2D eigenvalue weighted by molar-refractivity contribution is 9.10. The quantitative estimate of drug-likeness (QED) is 0.380. The van der Waals surface area contributed by atoms with Crippen molar-refractivity contribution in [1.82, 2.24) is 14.6 Å². The lowest BCUT2D eigenvalue weighted by molar-refractivity contribution is 0.0662. The second kappa shape index (κ2) is 7.47. The number of rotatable bonds is 4. The fourth-order valence-electron chi connectivity index (χ4n) is 3.54. The van der Waals surface area contributed by atoms with Crippen molar-refractivity contribution in [2.75, 3.05) is 13.2 Å². The minimum Gasteiger partial charge on any atom is -0.381 e. The molecule has 0 unspecified atom stereocenters. The van der Waals surface area contributed by atoms with Crippen LogP contribution >= 0.6 is 38.6 Å². The van der Waals surface area contributed by atoms with Gasteiger partial charge in [-0.25, -0.2) is 9.50 Å². The van der Waals surface area contributed by atoms with Gasteiger partial charge in [-0.05, 0) is 48.8 Å². The van der Waals surface area contributed by atoms with Gasteiger partial charge in [0.15, 0.2) is 5.01 Å². The van der Waals surface area contributed by atoms with E-state index in [0.29, 0.717) is 5.92 Å². The lowest BCUT2D eigenvalue weighted by atomic mass is 9.93. The van der Waals surface area contributed by atoms with Crippen LogP contribution in [0.5, 0.6) is 0 Å². The molecule has 1 fully saturated rings. The molecule has 4 heterocycles. The Morgan fingerprint density at radius 1 is 1.15 bits per heavy atom. The Hall–Kier alpha value is -1.54. The zero-order valence-electron chi connectivity index (χ0n) is 14.6. The lowest BCUT2D eigenvalue weighted by Crippen LogP contribution is -2.18. The molecule has 0 bridgehead atoms. The van der Waals surface area contributed by atoms with E-state index < -0.39 is 0 Å². The number of thiophene rings is 1. The van der Waals surface area contributed by atoms with Gasteiger partial charge in [0.05, 0.1) is 16.3 Å². The highest BCUT2D eigenvalue weighted by Crippen LogP contribution is 2.35. The Kier molecular flexibility index (Phi) is 4.85. The van der Waals surface area contributed by atoms with E-state index in [9.17, 15) is 0 Å². The van der Waals surface area contributed by atoms with Gasteiger partial charge in [-0.2, -0.15) is 5.10 Å². The van der Waals surface area contributed by atoms with Crippen LogP contribution in [0.15, 0.2) is 46.3 Å². The van der Waals surface area contributed by atoms with E-state index in [0.717, 1.165) is 58.2 Å². The van der Waals surface area contributed by atoms with Crippen molar-refractivity contribution >= 4 is 43.6 Å². The highest BCUT2D eigenvalue weighted by Gasteiger charge is 2.23. The zero-order valence-corrected chi connectivity index (χ0v) is 17.8. The molecular weight excluding hydrogens is 442 g/mol. The van der Waals surface area contributed by atoms with Crippen molar-refractivity contribution in [2.45, 2.75) is 19.3 Å². The first kappa shape index (κ1) is 17.6. The number of imidazole rings is 1.